The Bertz CT molecular complexity index is 759. The van der Waals surface area contributed by atoms with Crippen LogP contribution in [0, 0.1) is 0 Å². The zero-order chi connectivity index (χ0) is 27.0. The minimum atomic E-state index is -1.64. The van der Waals surface area contributed by atoms with Crippen LogP contribution >= 0.6 is 0 Å². The van der Waals surface area contributed by atoms with Crippen LogP contribution in [0.5, 0.6) is 0 Å². The third kappa shape index (κ3) is 13.7. The summed E-state index contributed by atoms with van der Waals surface area (Å²) < 4.78 is 0. The lowest BCUT2D eigenvalue weighted by molar-refractivity contribution is -0.143. The number of rotatable bonds is 18. The molecule has 200 valence electrons. The quantitative estimate of drug-likeness (QED) is 0.0480. The van der Waals surface area contributed by atoms with Gasteiger partial charge in [0.2, 0.25) is 17.7 Å². The first kappa shape index (κ1) is 31.5. The number of guanidine groups is 1. The molecule has 0 aromatic rings. The molecule has 0 bridgehead atoms. The number of amides is 3. The summed E-state index contributed by atoms with van der Waals surface area (Å²) in [6, 6.07) is -5.57. The van der Waals surface area contributed by atoms with Crippen molar-refractivity contribution in [1.29, 1.82) is 0 Å². The summed E-state index contributed by atoms with van der Waals surface area (Å²) in [5.41, 5.74) is 21.3. The predicted octanol–water partition coefficient (Wildman–Crippen LogP) is -4.50. The van der Waals surface area contributed by atoms with Gasteiger partial charge in [-0.15, -0.1) is 0 Å². The van der Waals surface area contributed by atoms with Gasteiger partial charge < -0.3 is 54.2 Å². The van der Waals surface area contributed by atoms with Gasteiger partial charge >= 0.3 is 11.9 Å². The largest absolute Gasteiger partial charge is 0.481 e. The molecule has 4 atom stereocenters. The maximum Gasteiger partial charge on any atom is 0.326 e. The Balaban J connectivity index is 5.51. The first-order valence-electron chi connectivity index (χ1n) is 10.9. The molecule has 14 N–H and O–H groups in total. The molecule has 0 aromatic carbocycles. The predicted molar refractivity (Wildman–Crippen MR) is 124 cm³/mol. The van der Waals surface area contributed by atoms with Crippen molar-refractivity contribution < 1.29 is 39.3 Å². The number of carboxylic acids is 2. The molecule has 0 radical (unpaired) electrons. The van der Waals surface area contributed by atoms with Gasteiger partial charge in [0.1, 0.15) is 24.2 Å². The summed E-state index contributed by atoms with van der Waals surface area (Å²) in [4.78, 5) is 64.0. The van der Waals surface area contributed by atoms with Gasteiger partial charge in [-0.25, -0.2) is 4.79 Å². The van der Waals surface area contributed by atoms with Gasteiger partial charge in [0.15, 0.2) is 5.96 Å². The van der Waals surface area contributed by atoms with Crippen molar-refractivity contribution >= 4 is 35.6 Å². The number of carbonyl (C=O) groups is 5. The van der Waals surface area contributed by atoms with Crippen LogP contribution in [0.1, 0.15) is 38.5 Å². The third-order valence-electron chi connectivity index (χ3n) is 4.68. The number of aliphatic hydroxyl groups excluding tert-OH is 1. The highest BCUT2D eigenvalue weighted by atomic mass is 16.4. The van der Waals surface area contributed by atoms with E-state index in [0.717, 1.165) is 0 Å². The minimum absolute atomic E-state index is 0.0231. The molecule has 3 amide bonds. The Kier molecular flexibility index (Phi) is 15.3. The Morgan fingerprint density at radius 3 is 1.86 bits per heavy atom. The molecule has 0 saturated heterocycles. The molecule has 16 nitrogen and oxygen atoms in total. The molecule has 0 aromatic heterocycles. The first-order chi connectivity index (χ1) is 16.4. The van der Waals surface area contributed by atoms with Crippen LogP contribution in [0.15, 0.2) is 4.99 Å². The summed E-state index contributed by atoms with van der Waals surface area (Å²) in [5, 5.41) is 34.3. The Morgan fingerprint density at radius 1 is 0.800 bits per heavy atom. The van der Waals surface area contributed by atoms with Gasteiger partial charge in [-0.05, 0) is 38.6 Å². The smallest absolute Gasteiger partial charge is 0.326 e. The van der Waals surface area contributed by atoms with Crippen LogP contribution in [-0.4, -0.2) is 94.8 Å². The van der Waals surface area contributed by atoms with E-state index in [9.17, 15) is 29.1 Å². The molecule has 4 unspecified atom stereocenters. The maximum atomic E-state index is 12.8. The Morgan fingerprint density at radius 2 is 1.34 bits per heavy atom. The Labute approximate surface area is 201 Å². The number of nitrogens with zero attached hydrogens (tertiary/aromatic N) is 1. The molecule has 35 heavy (non-hydrogen) atoms. The standard InChI is InChI=1S/C19H36N8O8/c20-6-2-1-4-12(18(34)35)26-17(33)13(8-14(29)30)27-16(32)11(5-3-7-24-19(22)23)25-15(31)10(21)9-28/h10-13,28H,1-9,20-21H2,(H,25,31)(H,26,33)(H,27,32)(H,29,30)(H,34,35)(H4,22,23,24). The average Bonchev–Trinajstić information content (AvgIpc) is 2.78. The maximum absolute atomic E-state index is 12.8. The number of hydrogen-bond donors (Lipinski definition) is 10. The molecule has 0 heterocycles. The van der Waals surface area contributed by atoms with Crippen molar-refractivity contribution in [2.24, 2.45) is 27.9 Å². The van der Waals surface area contributed by atoms with Crippen molar-refractivity contribution in [1.82, 2.24) is 16.0 Å². The van der Waals surface area contributed by atoms with E-state index in [4.69, 9.17) is 33.1 Å². The van der Waals surface area contributed by atoms with Gasteiger partial charge in [0, 0.05) is 6.54 Å². The van der Waals surface area contributed by atoms with Gasteiger partial charge in [-0.3, -0.25) is 24.2 Å². The van der Waals surface area contributed by atoms with Gasteiger partial charge in [-0.1, -0.05) is 0 Å². The number of aliphatic carboxylic acids is 2. The van der Waals surface area contributed by atoms with Crippen molar-refractivity contribution in [3.05, 3.63) is 0 Å². The van der Waals surface area contributed by atoms with Crippen molar-refractivity contribution in [3.63, 3.8) is 0 Å². The van der Waals surface area contributed by atoms with Crippen LogP contribution in [-0.2, 0) is 24.0 Å². The highest BCUT2D eigenvalue weighted by Crippen LogP contribution is 2.05. The summed E-state index contributed by atoms with van der Waals surface area (Å²) in [6.45, 7) is -0.261. The highest BCUT2D eigenvalue weighted by molar-refractivity contribution is 5.95. The number of nitrogens with one attached hydrogen (secondary N) is 3. The van der Waals surface area contributed by atoms with Gasteiger partial charge in [0.05, 0.1) is 13.0 Å². The molecule has 0 saturated carbocycles. The summed E-state index contributed by atoms with van der Waals surface area (Å²) in [6.07, 6.45) is 0.310. The fourth-order valence-corrected chi connectivity index (χ4v) is 2.81. The van der Waals surface area contributed by atoms with E-state index in [1.165, 1.54) is 0 Å². The van der Waals surface area contributed by atoms with Gasteiger partial charge in [-0.2, -0.15) is 0 Å². The second kappa shape index (κ2) is 17.0. The lowest BCUT2D eigenvalue weighted by Crippen LogP contribution is -2.57. The number of hydrogen-bond acceptors (Lipinski definition) is 9. The second-order valence-electron chi connectivity index (χ2n) is 7.64. The van der Waals surface area contributed by atoms with Gasteiger partial charge in [0.25, 0.3) is 0 Å². The first-order valence-corrected chi connectivity index (χ1v) is 10.9. The fraction of sp³-hybridized carbons (Fsp3) is 0.684. The lowest BCUT2D eigenvalue weighted by Gasteiger charge is -2.24. The number of nitrogens with two attached hydrogens (primary N) is 4. The van der Waals surface area contributed by atoms with E-state index in [1.807, 2.05) is 0 Å². The molecule has 0 fully saturated rings. The lowest BCUT2D eigenvalue weighted by atomic mass is 10.1. The molecular formula is C19H36N8O8. The van der Waals surface area contributed by atoms with Crippen molar-refractivity contribution in [3.8, 4) is 0 Å². The molecule has 0 rings (SSSR count). The highest BCUT2D eigenvalue weighted by Gasteiger charge is 2.31. The number of carboxylic acid groups (broad SMARTS) is 2. The van der Waals surface area contributed by atoms with Crippen LogP contribution < -0.4 is 38.9 Å². The third-order valence-corrected chi connectivity index (χ3v) is 4.68. The molecule has 0 aliphatic carbocycles. The van der Waals surface area contributed by atoms with Crippen LogP contribution in [0.4, 0.5) is 0 Å². The summed E-state index contributed by atoms with van der Waals surface area (Å²) >= 11 is 0. The fourth-order valence-electron chi connectivity index (χ4n) is 2.81. The van der Waals surface area contributed by atoms with E-state index in [1.54, 1.807) is 0 Å². The summed E-state index contributed by atoms with van der Waals surface area (Å²) in [5.74, 6) is -5.77. The SMILES string of the molecule is NCCCCC(NC(=O)C(CC(=O)O)NC(=O)C(CCCN=C(N)N)NC(=O)C(N)CO)C(=O)O. The van der Waals surface area contributed by atoms with Crippen LogP contribution in [0.2, 0.25) is 0 Å². The van der Waals surface area contributed by atoms with Crippen molar-refractivity contribution in [2.75, 3.05) is 19.7 Å². The molecule has 0 aliphatic rings. The topological polar surface area (TPSA) is 299 Å². The summed E-state index contributed by atoms with van der Waals surface area (Å²) in [7, 11) is 0. The normalized spacial score (nSPS) is 14.0. The van der Waals surface area contributed by atoms with Crippen molar-refractivity contribution in [2.45, 2.75) is 62.7 Å². The minimum Gasteiger partial charge on any atom is -0.481 e. The number of carbonyl (C=O) groups excluding carboxylic acids is 3. The second-order valence-corrected chi connectivity index (χ2v) is 7.64. The molecular weight excluding hydrogens is 468 g/mol. The molecule has 0 spiro atoms. The molecule has 0 aliphatic heterocycles. The zero-order valence-corrected chi connectivity index (χ0v) is 19.3. The number of aliphatic imine (C=N–C) groups is 1. The number of aliphatic hydroxyl groups is 1. The van der Waals surface area contributed by atoms with E-state index in [2.05, 4.69) is 20.9 Å². The van der Waals surface area contributed by atoms with E-state index < -0.39 is 66.9 Å². The van der Waals surface area contributed by atoms with E-state index in [-0.39, 0.29) is 31.8 Å². The van der Waals surface area contributed by atoms with E-state index in [0.29, 0.717) is 19.4 Å². The zero-order valence-electron chi connectivity index (χ0n) is 19.3. The van der Waals surface area contributed by atoms with Crippen LogP contribution in [0.25, 0.3) is 0 Å². The monoisotopic (exact) mass is 504 g/mol. The average molecular weight is 505 g/mol. The van der Waals surface area contributed by atoms with E-state index >= 15 is 0 Å². The number of unbranched alkanes of at least 4 members (excludes halogenated alkanes) is 1. The molecule has 16 heteroatoms. The Hall–Kier alpha value is -3.50. The van der Waals surface area contributed by atoms with Crippen LogP contribution in [0.3, 0.4) is 0 Å².